The SMILES string of the molecule is CC(C)N(C)c1ccc2c(c1)CCC2. The number of aryl methyl sites for hydroxylation is 2. The highest BCUT2D eigenvalue weighted by molar-refractivity contribution is 5.52. The summed E-state index contributed by atoms with van der Waals surface area (Å²) in [5, 5.41) is 0. The van der Waals surface area contributed by atoms with E-state index >= 15 is 0 Å². The predicted molar refractivity (Wildman–Crippen MR) is 62.0 cm³/mol. The number of rotatable bonds is 2. The fraction of sp³-hybridized carbons (Fsp3) is 0.538. The summed E-state index contributed by atoms with van der Waals surface area (Å²) in [7, 11) is 2.17. The van der Waals surface area contributed by atoms with Crippen LogP contribution in [0, 0.1) is 0 Å². The van der Waals surface area contributed by atoms with E-state index in [1.165, 1.54) is 24.9 Å². The van der Waals surface area contributed by atoms with Crippen molar-refractivity contribution in [3.63, 3.8) is 0 Å². The van der Waals surface area contributed by atoms with Crippen LogP contribution in [0.25, 0.3) is 0 Å². The fourth-order valence-corrected chi connectivity index (χ4v) is 2.08. The summed E-state index contributed by atoms with van der Waals surface area (Å²) in [6, 6.07) is 7.50. The zero-order valence-electron chi connectivity index (χ0n) is 9.38. The molecule has 0 aliphatic heterocycles. The molecule has 1 aromatic carbocycles. The Morgan fingerprint density at radius 1 is 1.14 bits per heavy atom. The van der Waals surface area contributed by atoms with Crippen molar-refractivity contribution in [2.24, 2.45) is 0 Å². The van der Waals surface area contributed by atoms with Gasteiger partial charge in [0, 0.05) is 18.8 Å². The maximum absolute atomic E-state index is 2.36. The summed E-state index contributed by atoms with van der Waals surface area (Å²) < 4.78 is 0. The van der Waals surface area contributed by atoms with Gasteiger partial charge in [-0.3, -0.25) is 0 Å². The van der Waals surface area contributed by atoms with E-state index in [1.807, 2.05) is 0 Å². The molecule has 0 atom stereocenters. The highest BCUT2D eigenvalue weighted by Gasteiger charge is 2.12. The van der Waals surface area contributed by atoms with Gasteiger partial charge < -0.3 is 4.90 Å². The standard InChI is InChI=1S/C13H19N/c1-10(2)14(3)13-8-7-11-5-4-6-12(11)9-13/h7-10H,4-6H2,1-3H3. The lowest BCUT2D eigenvalue weighted by atomic mass is 10.1. The van der Waals surface area contributed by atoms with Gasteiger partial charge in [-0.05, 0) is 56.4 Å². The maximum atomic E-state index is 2.36. The largest absolute Gasteiger partial charge is 0.372 e. The average Bonchev–Trinajstić information content (AvgIpc) is 2.62. The minimum absolute atomic E-state index is 0.578. The second kappa shape index (κ2) is 3.64. The van der Waals surface area contributed by atoms with Crippen molar-refractivity contribution in [1.29, 1.82) is 0 Å². The molecule has 0 aromatic heterocycles. The van der Waals surface area contributed by atoms with Gasteiger partial charge in [-0.15, -0.1) is 0 Å². The van der Waals surface area contributed by atoms with E-state index in [0.29, 0.717) is 6.04 Å². The highest BCUT2D eigenvalue weighted by Crippen LogP contribution is 2.26. The van der Waals surface area contributed by atoms with Crippen molar-refractivity contribution in [2.45, 2.75) is 39.2 Å². The van der Waals surface area contributed by atoms with Gasteiger partial charge in [0.15, 0.2) is 0 Å². The molecule has 2 rings (SSSR count). The molecule has 0 radical (unpaired) electrons. The number of benzene rings is 1. The summed E-state index contributed by atoms with van der Waals surface area (Å²) >= 11 is 0. The Balaban J connectivity index is 2.28. The lowest BCUT2D eigenvalue weighted by Crippen LogP contribution is -2.25. The third kappa shape index (κ3) is 1.63. The van der Waals surface area contributed by atoms with Crippen LogP contribution in [0.3, 0.4) is 0 Å². The Bertz CT molecular complexity index is 328. The first kappa shape index (κ1) is 9.57. The van der Waals surface area contributed by atoms with Crippen molar-refractivity contribution in [3.05, 3.63) is 29.3 Å². The van der Waals surface area contributed by atoms with Crippen molar-refractivity contribution >= 4 is 5.69 Å². The molecule has 0 spiro atoms. The molecule has 1 aromatic rings. The maximum Gasteiger partial charge on any atom is 0.0368 e. The highest BCUT2D eigenvalue weighted by atomic mass is 15.1. The van der Waals surface area contributed by atoms with Crippen LogP contribution in [0.5, 0.6) is 0 Å². The van der Waals surface area contributed by atoms with Crippen LogP contribution >= 0.6 is 0 Å². The molecule has 1 heteroatoms. The average molecular weight is 189 g/mol. The van der Waals surface area contributed by atoms with Crippen molar-refractivity contribution in [2.75, 3.05) is 11.9 Å². The van der Waals surface area contributed by atoms with Crippen molar-refractivity contribution in [3.8, 4) is 0 Å². The summed E-state index contributed by atoms with van der Waals surface area (Å²) in [4.78, 5) is 2.33. The number of hydrogen-bond donors (Lipinski definition) is 0. The van der Waals surface area contributed by atoms with Gasteiger partial charge in [0.25, 0.3) is 0 Å². The normalized spacial score (nSPS) is 14.6. The van der Waals surface area contributed by atoms with Crippen LogP contribution in [0.1, 0.15) is 31.4 Å². The lowest BCUT2D eigenvalue weighted by molar-refractivity contribution is 0.754. The number of fused-ring (bicyclic) bond motifs is 1. The van der Waals surface area contributed by atoms with Crippen LogP contribution in [-0.4, -0.2) is 13.1 Å². The fourth-order valence-electron chi connectivity index (χ4n) is 2.08. The Morgan fingerprint density at radius 3 is 2.57 bits per heavy atom. The molecule has 0 saturated heterocycles. The van der Waals surface area contributed by atoms with Crippen LogP contribution in [0.15, 0.2) is 18.2 Å². The van der Waals surface area contributed by atoms with E-state index in [4.69, 9.17) is 0 Å². The van der Waals surface area contributed by atoms with E-state index in [0.717, 1.165) is 0 Å². The molecular weight excluding hydrogens is 170 g/mol. The molecular formula is C13H19N. The quantitative estimate of drug-likeness (QED) is 0.691. The molecule has 0 N–H and O–H groups in total. The van der Waals surface area contributed by atoms with Gasteiger partial charge in [0.1, 0.15) is 0 Å². The summed E-state index contributed by atoms with van der Waals surface area (Å²) in [6.07, 6.45) is 3.89. The minimum atomic E-state index is 0.578. The topological polar surface area (TPSA) is 3.24 Å². The molecule has 0 fully saturated rings. The monoisotopic (exact) mass is 189 g/mol. The zero-order valence-corrected chi connectivity index (χ0v) is 9.38. The molecule has 14 heavy (non-hydrogen) atoms. The smallest absolute Gasteiger partial charge is 0.0368 e. The van der Waals surface area contributed by atoms with Crippen LogP contribution < -0.4 is 4.90 Å². The summed E-state index contributed by atoms with van der Waals surface area (Å²) in [5.41, 5.74) is 4.49. The first-order valence-electron chi connectivity index (χ1n) is 5.53. The van der Waals surface area contributed by atoms with E-state index in [1.54, 1.807) is 11.1 Å². The van der Waals surface area contributed by atoms with Gasteiger partial charge in [0.05, 0.1) is 0 Å². The lowest BCUT2D eigenvalue weighted by Gasteiger charge is -2.24. The number of anilines is 1. The molecule has 0 heterocycles. The first-order chi connectivity index (χ1) is 6.68. The molecule has 0 unspecified atom stereocenters. The molecule has 0 saturated carbocycles. The summed E-state index contributed by atoms with van der Waals surface area (Å²) in [5.74, 6) is 0. The van der Waals surface area contributed by atoms with E-state index in [-0.39, 0.29) is 0 Å². The third-order valence-electron chi connectivity index (χ3n) is 3.26. The van der Waals surface area contributed by atoms with Crippen molar-refractivity contribution < 1.29 is 0 Å². The van der Waals surface area contributed by atoms with E-state index in [2.05, 4.69) is 44.0 Å². The van der Waals surface area contributed by atoms with E-state index in [9.17, 15) is 0 Å². The van der Waals surface area contributed by atoms with Gasteiger partial charge in [-0.25, -0.2) is 0 Å². The molecule has 1 aliphatic carbocycles. The molecule has 0 amide bonds. The Hall–Kier alpha value is -0.980. The zero-order chi connectivity index (χ0) is 10.1. The van der Waals surface area contributed by atoms with Gasteiger partial charge in [-0.2, -0.15) is 0 Å². The van der Waals surface area contributed by atoms with Gasteiger partial charge >= 0.3 is 0 Å². The summed E-state index contributed by atoms with van der Waals surface area (Å²) in [6.45, 7) is 4.46. The van der Waals surface area contributed by atoms with Crippen LogP contribution in [0.2, 0.25) is 0 Å². The van der Waals surface area contributed by atoms with Crippen LogP contribution in [0.4, 0.5) is 5.69 Å². The van der Waals surface area contributed by atoms with Gasteiger partial charge in [0.2, 0.25) is 0 Å². The minimum Gasteiger partial charge on any atom is -0.372 e. The van der Waals surface area contributed by atoms with Crippen molar-refractivity contribution in [1.82, 2.24) is 0 Å². The number of nitrogens with zero attached hydrogens (tertiary/aromatic N) is 1. The molecule has 1 aliphatic rings. The van der Waals surface area contributed by atoms with E-state index < -0.39 is 0 Å². The molecule has 1 nitrogen and oxygen atoms in total. The van der Waals surface area contributed by atoms with Crippen LogP contribution in [-0.2, 0) is 12.8 Å². The number of hydrogen-bond acceptors (Lipinski definition) is 1. The Morgan fingerprint density at radius 2 is 1.86 bits per heavy atom. The first-order valence-corrected chi connectivity index (χ1v) is 5.53. The Labute approximate surface area is 86.7 Å². The van der Waals surface area contributed by atoms with Gasteiger partial charge in [-0.1, -0.05) is 6.07 Å². The predicted octanol–water partition coefficient (Wildman–Crippen LogP) is 3.02. The molecule has 0 bridgehead atoms. The molecule has 76 valence electrons. The Kier molecular flexibility index (Phi) is 2.49. The third-order valence-corrected chi connectivity index (χ3v) is 3.26. The second-order valence-corrected chi connectivity index (χ2v) is 4.51. The second-order valence-electron chi connectivity index (χ2n) is 4.51.